The van der Waals surface area contributed by atoms with Gasteiger partial charge in [0.05, 0.1) is 18.0 Å². The molecule has 1 amide bonds. The van der Waals surface area contributed by atoms with Crippen LogP contribution in [0, 0.1) is 0 Å². The highest BCUT2D eigenvalue weighted by Gasteiger charge is 2.24. The summed E-state index contributed by atoms with van der Waals surface area (Å²) in [5, 5.41) is 0.524. The monoisotopic (exact) mass is 329 g/mol. The molecule has 0 spiro atoms. The minimum absolute atomic E-state index is 0.181. The van der Waals surface area contributed by atoms with Gasteiger partial charge in [-0.3, -0.25) is 9.59 Å². The van der Waals surface area contributed by atoms with Crippen LogP contribution in [-0.2, 0) is 6.54 Å². The lowest BCUT2D eigenvalue weighted by Crippen LogP contribution is -2.48. The van der Waals surface area contributed by atoms with E-state index in [1.54, 1.807) is 24.3 Å². The number of methoxy groups -OCH3 is 1. The predicted molar refractivity (Wildman–Crippen MR) is 93.8 cm³/mol. The Morgan fingerprint density at radius 2 is 1.92 bits per heavy atom. The molecule has 128 valence electrons. The molecule has 1 saturated heterocycles. The first-order valence-electron chi connectivity index (χ1n) is 8.24. The molecule has 0 aliphatic carbocycles. The van der Waals surface area contributed by atoms with Gasteiger partial charge >= 0.3 is 0 Å². The van der Waals surface area contributed by atoms with Crippen LogP contribution in [0.15, 0.2) is 29.2 Å². The zero-order valence-corrected chi connectivity index (χ0v) is 14.4. The summed E-state index contributed by atoms with van der Waals surface area (Å²) in [4.78, 5) is 29.7. The molecule has 0 radical (unpaired) electrons. The molecule has 1 aliphatic rings. The molecule has 0 unspecified atom stereocenters. The number of hydrogen-bond acceptors (Lipinski definition) is 4. The van der Waals surface area contributed by atoms with Crippen molar-refractivity contribution in [2.45, 2.75) is 13.5 Å². The summed E-state index contributed by atoms with van der Waals surface area (Å²) in [6, 6.07) is 5.41. The van der Waals surface area contributed by atoms with E-state index in [2.05, 4.69) is 4.90 Å². The van der Waals surface area contributed by atoms with Crippen LogP contribution < -0.4 is 10.2 Å². The number of fused-ring (bicyclic) bond motifs is 1. The molecule has 0 bridgehead atoms. The second-order valence-electron chi connectivity index (χ2n) is 6.14. The maximum absolute atomic E-state index is 12.9. The topological polar surface area (TPSA) is 54.8 Å². The smallest absolute Gasteiger partial charge is 0.259 e. The molecule has 0 saturated carbocycles. The second kappa shape index (κ2) is 6.65. The van der Waals surface area contributed by atoms with Gasteiger partial charge in [-0.15, -0.1) is 0 Å². The molecular formula is C18H23N3O3. The summed E-state index contributed by atoms with van der Waals surface area (Å²) in [5.41, 5.74) is 0.831. The molecule has 2 aromatic rings. The SMILES string of the molecule is CCn1cc(C(=O)N2CCN(C)CC2)c(=O)c2cc(OC)ccc21. The van der Waals surface area contributed by atoms with E-state index >= 15 is 0 Å². The van der Waals surface area contributed by atoms with E-state index in [0.29, 0.717) is 30.8 Å². The van der Waals surface area contributed by atoms with Crippen molar-refractivity contribution in [3.05, 3.63) is 40.2 Å². The van der Waals surface area contributed by atoms with E-state index in [4.69, 9.17) is 4.74 Å². The molecule has 2 heterocycles. The minimum Gasteiger partial charge on any atom is -0.497 e. The number of nitrogens with zero attached hydrogens (tertiary/aromatic N) is 3. The predicted octanol–water partition coefficient (Wildman–Crippen LogP) is 1.42. The van der Waals surface area contributed by atoms with Gasteiger partial charge in [0, 0.05) is 38.9 Å². The Morgan fingerprint density at radius 1 is 1.21 bits per heavy atom. The fraction of sp³-hybridized carbons (Fsp3) is 0.444. The molecule has 6 heteroatoms. The third-order valence-corrected chi connectivity index (χ3v) is 4.65. The van der Waals surface area contributed by atoms with Crippen molar-refractivity contribution < 1.29 is 9.53 Å². The van der Waals surface area contributed by atoms with Crippen LogP contribution in [0.5, 0.6) is 5.75 Å². The van der Waals surface area contributed by atoms with E-state index < -0.39 is 0 Å². The average Bonchev–Trinajstić information content (AvgIpc) is 2.62. The van der Waals surface area contributed by atoms with Gasteiger partial charge in [0.2, 0.25) is 5.43 Å². The lowest BCUT2D eigenvalue weighted by Gasteiger charge is -2.32. The summed E-state index contributed by atoms with van der Waals surface area (Å²) in [5.74, 6) is 0.437. The normalized spacial score (nSPS) is 15.7. The largest absolute Gasteiger partial charge is 0.497 e. The summed E-state index contributed by atoms with van der Waals surface area (Å²) in [6.07, 6.45) is 1.69. The van der Waals surface area contributed by atoms with Crippen molar-refractivity contribution in [2.75, 3.05) is 40.3 Å². The molecular weight excluding hydrogens is 306 g/mol. The van der Waals surface area contributed by atoms with Crippen LogP contribution >= 0.6 is 0 Å². The van der Waals surface area contributed by atoms with Crippen LogP contribution in [0.25, 0.3) is 10.9 Å². The maximum atomic E-state index is 12.9. The summed E-state index contributed by atoms with van der Waals surface area (Å²) in [7, 11) is 3.60. The van der Waals surface area contributed by atoms with Crippen molar-refractivity contribution in [1.29, 1.82) is 0 Å². The first-order valence-corrected chi connectivity index (χ1v) is 8.24. The standard InChI is InChI=1S/C18H23N3O3/c1-4-20-12-15(18(23)21-9-7-19(2)8-10-21)17(22)14-11-13(24-3)5-6-16(14)20/h5-6,11-12H,4,7-10H2,1-3H3. The number of benzene rings is 1. The lowest BCUT2D eigenvalue weighted by atomic mass is 10.1. The number of ether oxygens (including phenoxy) is 1. The van der Waals surface area contributed by atoms with Crippen LogP contribution in [0.4, 0.5) is 0 Å². The van der Waals surface area contributed by atoms with Gasteiger partial charge in [-0.2, -0.15) is 0 Å². The molecule has 3 rings (SSSR count). The molecule has 1 aliphatic heterocycles. The number of hydrogen-bond donors (Lipinski definition) is 0. The molecule has 0 atom stereocenters. The zero-order chi connectivity index (χ0) is 17.3. The third kappa shape index (κ3) is 2.89. The van der Waals surface area contributed by atoms with Crippen molar-refractivity contribution in [3.8, 4) is 5.75 Å². The van der Waals surface area contributed by atoms with Gasteiger partial charge in [0.1, 0.15) is 11.3 Å². The van der Waals surface area contributed by atoms with E-state index in [1.807, 2.05) is 30.7 Å². The van der Waals surface area contributed by atoms with Crippen molar-refractivity contribution >= 4 is 16.8 Å². The van der Waals surface area contributed by atoms with Crippen molar-refractivity contribution in [2.24, 2.45) is 0 Å². The number of piperazine rings is 1. The van der Waals surface area contributed by atoms with E-state index in [9.17, 15) is 9.59 Å². The minimum atomic E-state index is -0.225. The second-order valence-corrected chi connectivity index (χ2v) is 6.14. The number of carbonyl (C=O) groups excluding carboxylic acids is 1. The highest BCUT2D eigenvalue weighted by molar-refractivity contribution is 5.97. The molecule has 1 aromatic heterocycles. The van der Waals surface area contributed by atoms with Gasteiger partial charge in [0.15, 0.2) is 0 Å². The number of likely N-dealkylation sites (N-methyl/N-ethyl adjacent to an activating group) is 1. The Balaban J connectivity index is 2.09. The van der Waals surface area contributed by atoms with Crippen molar-refractivity contribution in [3.63, 3.8) is 0 Å². The Labute approximate surface area is 141 Å². The van der Waals surface area contributed by atoms with E-state index in [1.165, 1.54) is 0 Å². The van der Waals surface area contributed by atoms with Crippen LogP contribution in [0.2, 0.25) is 0 Å². The Kier molecular flexibility index (Phi) is 4.57. The summed E-state index contributed by atoms with van der Waals surface area (Å²) >= 11 is 0. The van der Waals surface area contributed by atoms with E-state index in [-0.39, 0.29) is 16.9 Å². The molecule has 6 nitrogen and oxygen atoms in total. The highest BCUT2D eigenvalue weighted by Crippen LogP contribution is 2.19. The number of aryl methyl sites for hydroxylation is 1. The fourth-order valence-electron chi connectivity index (χ4n) is 3.10. The van der Waals surface area contributed by atoms with Gasteiger partial charge in [-0.1, -0.05) is 0 Å². The zero-order valence-electron chi connectivity index (χ0n) is 14.4. The van der Waals surface area contributed by atoms with Crippen LogP contribution in [0.3, 0.4) is 0 Å². The number of aromatic nitrogens is 1. The van der Waals surface area contributed by atoms with Crippen LogP contribution in [-0.4, -0.2) is 60.6 Å². The molecule has 1 fully saturated rings. The average molecular weight is 329 g/mol. The number of pyridine rings is 1. The number of amides is 1. The fourth-order valence-corrected chi connectivity index (χ4v) is 3.10. The van der Waals surface area contributed by atoms with Crippen LogP contribution in [0.1, 0.15) is 17.3 Å². The van der Waals surface area contributed by atoms with Gasteiger partial charge in [-0.25, -0.2) is 0 Å². The maximum Gasteiger partial charge on any atom is 0.259 e. The van der Waals surface area contributed by atoms with Gasteiger partial charge in [-0.05, 0) is 32.2 Å². The quantitative estimate of drug-likeness (QED) is 0.855. The third-order valence-electron chi connectivity index (χ3n) is 4.65. The molecule has 24 heavy (non-hydrogen) atoms. The first kappa shape index (κ1) is 16.5. The van der Waals surface area contributed by atoms with Crippen molar-refractivity contribution in [1.82, 2.24) is 14.4 Å². The molecule has 1 aromatic carbocycles. The Bertz CT molecular complexity index is 820. The number of carbonyl (C=O) groups is 1. The van der Waals surface area contributed by atoms with E-state index in [0.717, 1.165) is 18.6 Å². The Hall–Kier alpha value is -2.34. The molecule has 0 N–H and O–H groups in total. The lowest BCUT2D eigenvalue weighted by molar-refractivity contribution is 0.0662. The van der Waals surface area contributed by atoms with Gasteiger partial charge < -0.3 is 19.1 Å². The summed E-state index contributed by atoms with van der Waals surface area (Å²) < 4.78 is 7.17. The first-order chi connectivity index (χ1) is 11.5. The highest BCUT2D eigenvalue weighted by atomic mass is 16.5. The summed E-state index contributed by atoms with van der Waals surface area (Å²) in [6.45, 7) is 5.64. The van der Waals surface area contributed by atoms with Gasteiger partial charge in [0.25, 0.3) is 5.91 Å². The number of rotatable bonds is 3. The Morgan fingerprint density at radius 3 is 2.54 bits per heavy atom.